The number of piperazine rings is 1. The fourth-order valence-corrected chi connectivity index (χ4v) is 4.84. The Bertz CT molecular complexity index is 672. The highest BCUT2D eigenvalue weighted by atomic mass is 35.5. The van der Waals surface area contributed by atoms with Crippen LogP contribution in [0.4, 0.5) is 5.69 Å². The maximum atomic E-state index is 12.0. The molecule has 1 saturated carbocycles. The molecule has 2 fully saturated rings. The summed E-state index contributed by atoms with van der Waals surface area (Å²) in [6.45, 7) is 6.07. The van der Waals surface area contributed by atoms with Gasteiger partial charge in [0.25, 0.3) is 0 Å². The molecule has 1 N–H and O–H groups in total. The minimum Gasteiger partial charge on any atom is -0.385 e. The molecular formula is C23H35Cl2N3O2. The van der Waals surface area contributed by atoms with Gasteiger partial charge in [-0.25, -0.2) is 0 Å². The van der Waals surface area contributed by atoms with Crippen LogP contribution in [0.3, 0.4) is 0 Å². The van der Waals surface area contributed by atoms with Crippen LogP contribution >= 0.6 is 23.2 Å². The third-order valence-electron chi connectivity index (χ3n) is 6.46. The number of methoxy groups -OCH3 is 1. The normalized spacial score (nSPS) is 22.8. The number of nitrogens with one attached hydrogen (secondary N) is 1. The summed E-state index contributed by atoms with van der Waals surface area (Å²) in [5.74, 6) is 0.968. The molecule has 1 aliphatic carbocycles. The van der Waals surface area contributed by atoms with E-state index >= 15 is 0 Å². The maximum absolute atomic E-state index is 12.0. The fraction of sp³-hybridized carbons (Fsp3) is 0.696. The van der Waals surface area contributed by atoms with Crippen molar-refractivity contribution in [1.29, 1.82) is 0 Å². The number of ether oxygens (including phenoxy) is 1. The lowest BCUT2D eigenvalue weighted by molar-refractivity contribution is -0.122. The van der Waals surface area contributed by atoms with Crippen molar-refractivity contribution >= 4 is 34.8 Å². The number of hydrogen-bond donors (Lipinski definition) is 1. The van der Waals surface area contributed by atoms with Crippen molar-refractivity contribution in [2.75, 3.05) is 51.3 Å². The Labute approximate surface area is 191 Å². The van der Waals surface area contributed by atoms with Crippen molar-refractivity contribution in [3.8, 4) is 0 Å². The number of hydrogen-bond acceptors (Lipinski definition) is 4. The zero-order chi connectivity index (χ0) is 21.3. The van der Waals surface area contributed by atoms with Crippen LogP contribution in [-0.2, 0) is 9.53 Å². The lowest BCUT2D eigenvalue weighted by atomic mass is 9.84. The highest BCUT2D eigenvalue weighted by Crippen LogP contribution is 2.29. The number of halogens is 2. The van der Waals surface area contributed by atoms with Gasteiger partial charge in [0, 0.05) is 58.0 Å². The first kappa shape index (κ1) is 23.6. The average molecular weight is 456 g/mol. The van der Waals surface area contributed by atoms with E-state index in [9.17, 15) is 4.79 Å². The van der Waals surface area contributed by atoms with Gasteiger partial charge in [0.05, 0.1) is 10.0 Å². The molecular weight excluding hydrogens is 421 g/mol. The van der Waals surface area contributed by atoms with Crippen LogP contribution in [0.1, 0.15) is 44.9 Å². The van der Waals surface area contributed by atoms with E-state index in [1.165, 1.54) is 25.8 Å². The van der Waals surface area contributed by atoms with Gasteiger partial charge in [0.1, 0.15) is 0 Å². The van der Waals surface area contributed by atoms with E-state index in [1.54, 1.807) is 7.11 Å². The number of benzene rings is 1. The summed E-state index contributed by atoms with van der Waals surface area (Å²) < 4.78 is 5.01. The third-order valence-corrected chi connectivity index (χ3v) is 7.20. The van der Waals surface area contributed by atoms with Gasteiger partial charge in [-0.1, -0.05) is 23.2 Å². The van der Waals surface area contributed by atoms with Crippen molar-refractivity contribution in [3.63, 3.8) is 0 Å². The van der Waals surface area contributed by atoms with Crippen molar-refractivity contribution in [3.05, 3.63) is 28.2 Å². The van der Waals surface area contributed by atoms with E-state index in [2.05, 4.69) is 21.2 Å². The maximum Gasteiger partial charge on any atom is 0.220 e. The highest BCUT2D eigenvalue weighted by molar-refractivity contribution is 6.42. The first-order chi connectivity index (χ1) is 14.5. The first-order valence-electron chi connectivity index (χ1n) is 11.3. The molecule has 30 heavy (non-hydrogen) atoms. The number of amides is 1. The summed E-state index contributed by atoms with van der Waals surface area (Å²) in [7, 11) is 1.68. The number of carbonyl (C=O) groups excluding carboxylic acids is 1. The van der Waals surface area contributed by atoms with Gasteiger partial charge in [-0.05, 0) is 69.2 Å². The second kappa shape index (κ2) is 12.1. The average Bonchev–Trinajstić information content (AvgIpc) is 2.76. The minimum atomic E-state index is 0.176. The SMILES string of the molecule is COCCCC(=O)NC1CCC(CCN2CCN(c3ccc(Cl)c(Cl)c3)CC2)CC1. The van der Waals surface area contributed by atoms with Gasteiger partial charge < -0.3 is 15.0 Å². The van der Waals surface area contributed by atoms with Crippen molar-refractivity contribution < 1.29 is 9.53 Å². The van der Waals surface area contributed by atoms with Gasteiger partial charge in [-0.15, -0.1) is 0 Å². The fourth-order valence-electron chi connectivity index (χ4n) is 4.55. The van der Waals surface area contributed by atoms with Gasteiger partial charge in [0.2, 0.25) is 5.91 Å². The largest absolute Gasteiger partial charge is 0.385 e. The molecule has 0 atom stereocenters. The van der Waals surface area contributed by atoms with Crippen LogP contribution in [0.2, 0.25) is 10.0 Å². The standard InChI is InChI=1S/C23H35Cl2N3O2/c1-30-16-2-3-23(29)26-19-6-4-18(5-7-19)10-11-27-12-14-28(15-13-27)20-8-9-21(24)22(25)17-20/h8-9,17-19H,2-7,10-16H2,1H3,(H,26,29). The van der Waals surface area contributed by atoms with Crippen LogP contribution in [0.5, 0.6) is 0 Å². The molecule has 1 aliphatic heterocycles. The zero-order valence-corrected chi connectivity index (χ0v) is 19.6. The van der Waals surface area contributed by atoms with Crippen LogP contribution in [0.15, 0.2) is 18.2 Å². The van der Waals surface area contributed by atoms with E-state index in [4.69, 9.17) is 27.9 Å². The summed E-state index contributed by atoms with van der Waals surface area (Å²) >= 11 is 12.2. The number of carbonyl (C=O) groups is 1. The van der Waals surface area contributed by atoms with Gasteiger partial charge >= 0.3 is 0 Å². The minimum absolute atomic E-state index is 0.176. The Morgan fingerprint density at radius 1 is 1.10 bits per heavy atom. The van der Waals surface area contributed by atoms with Gasteiger partial charge in [0.15, 0.2) is 0 Å². The Kier molecular flexibility index (Phi) is 9.57. The second-order valence-electron chi connectivity index (χ2n) is 8.60. The van der Waals surface area contributed by atoms with Crippen LogP contribution in [-0.4, -0.2) is 63.3 Å². The molecule has 0 radical (unpaired) electrons. The van der Waals surface area contributed by atoms with E-state index in [1.807, 2.05) is 12.1 Å². The first-order valence-corrected chi connectivity index (χ1v) is 12.0. The highest BCUT2D eigenvalue weighted by Gasteiger charge is 2.24. The molecule has 0 unspecified atom stereocenters. The molecule has 7 heteroatoms. The molecule has 168 valence electrons. The van der Waals surface area contributed by atoms with E-state index in [-0.39, 0.29) is 5.91 Å². The number of rotatable bonds is 9. The summed E-state index contributed by atoms with van der Waals surface area (Å²) in [5.41, 5.74) is 1.16. The second-order valence-corrected chi connectivity index (χ2v) is 9.41. The lowest BCUT2D eigenvalue weighted by Gasteiger charge is -2.37. The van der Waals surface area contributed by atoms with Crippen LogP contribution < -0.4 is 10.2 Å². The topological polar surface area (TPSA) is 44.8 Å². The quantitative estimate of drug-likeness (QED) is 0.552. The molecule has 0 bridgehead atoms. The summed E-state index contributed by atoms with van der Waals surface area (Å²) in [6.07, 6.45) is 7.33. The molecule has 1 saturated heterocycles. The number of nitrogens with zero attached hydrogens (tertiary/aromatic N) is 2. The van der Waals surface area contributed by atoms with E-state index < -0.39 is 0 Å². The lowest BCUT2D eigenvalue weighted by Crippen LogP contribution is -2.47. The van der Waals surface area contributed by atoms with Crippen molar-refractivity contribution in [1.82, 2.24) is 10.2 Å². The number of anilines is 1. The van der Waals surface area contributed by atoms with Crippen molar-refractivity contribution in [2.45, 2.75) is 51.0 Å². The smallest absolute Gasteiger partial charge is 0.220 e. The predicted octanol–water partition coefficient (Wildman–Crippen LogP) is 4.61. The zero-order valence-electron chi connectivity index (χ0n) is 18.0. The van der Waals surface area contributed by atoms with E-state index in [0.29, 0.717) is 29.1 Å². The monoisotopic (exact) mass is 455 g/mol. The summed E-state index contributed by atoms with van der Waals surface area (Å²) in [5, 5.41) is 4.44. The summed E-state index contributed by atoms with van der Waals surface area (Å²) in [6, 6.07) is 6.27. The molecule has 0 aromatic heterocycles. The molecule has 3 rings (SSSR count). The van der Waals surface area contributed by atoms with Gasteiger partial charge in [-0.3, -0.25) is 9.69 Å². The third kappa shape index (κ3) is 7.30. The molecule has 5 nitrogen and oxygen atoms in total. The predicted molar refractivity (Wildman–Crippen MR) is 125 cm³/mol. The molecule has 1 amide bonds. The van der Waals surface area contributed by atoms with Crippen molar-refractivity contribution in [2.24, 2.45) is 5.92 Å². The molecule has 1 aromatic rings. The molecule has 1 heterocycles. The van der Waals surface area contributed by atoms with Gasteiger partial charge in [-0.2, -0.15) is 0 Å². The molecule has 0 spiro atoms. The Morgan fingerprint density at radius 3 is 2.50 bits per heavy atom. The Hall–Kier alpha value is -1.01. The Balaban J connectivity index is 1.30. The Morgan fingerprint density at radius 2 is 1.83 bits per heavy atom. The van der Waals surface area contributed by atoms with Crippen LogP contribution in [0, 0.1) is 5.92 Å². The molecule has 2 aliphatic rings. The summed E-state index contributed by atoms with van der Waals surface area (Å²) in [4.78, 5) is 16.9. The molecule has 1 aromatic carbocycles. The van der Waals surface area contributed by atoms with Crippen LogP contribution in [0.25, 0.3) is 0 Å². The van der Waals surface area contributed by atoms with E-state index in [0.717, 1.165) is 57.0 Å².